The Balaban J connectivity index is 1.55. The van der Waals surface area contributed by atoms with Crippen molar-refractivity contribution in [2.45, 2.75) is 32.7 Å². The van der Waals surface area contributed by atoms with Crippen LogP contribution in [0.4, 0.5) is 11.4 Å². The first-order valence-electron chi connectivity index (χ1n) is 11.6. The van der Waals surface area contributed by atoms with Gasteiger partial charge in [0.05, 0.1) is 11.9 Å². The van der Waals surface area contributed by atoms with Gasteiger partial charge in [0.25, 0.3) is 11.5 Å². The maximum Gasteiger partial charge on any atom is 0.299 e. The summed E-state index contributed by atoms with van der Waals surface area (Å²) in [7, 11) is 0. The average Bonchev–Trinajstić information content (AvgIpc) is 3.69. The molecule has 7 heteroatoms. The highest BCUT2D eigenvalue weighted by Crippen LogP contribution is 2.32. The highest BCUT2D eigenvalue weighted by atomic mass is 16.5. The number of aryl methyl sites for hydroxylation is 1. The predicted octanol–water partition coefficient (Wildman–Crippen LogP) is 5.28. The molecule has 4 aromatic rings. The smallest absolute Gasteiger partial charge is 0.299 e. The van der Waals surface area contributed by atoms with Crippen molar-refractivity contribution in [3.05, 3.63) is 106 Å². The first-order valence-corrected chi connectivity index (χ1v) is 11.6. The zero-order valence-corrected chi connectivity index (χ0v) is 19.6. The molecular weight excluding hydrogens is 440 g/mol. The van der Waals surface area contributed by atoms with E-state index in [4.69, 9.17) is 4.74 Å². The fourth-order valence-corrected chi connectivity index (χ4v) is 3.72. The fraction of sp³-hybridized carbons (Fsp3) is 0.179. The Hall–Kier alpha value is -4.39. The van der Waals surface area contributed by atoms with Crippen molar-refractivity contribution in [1.29, 1.82) is 0 Å². The molecule has 1 amide bonds. The van der Waals surface area contributed by atoms with Gasteiger partial charge in [0.1, 0.15) is 5.75 Å². The van der Waals surface area contributed by atoms with Gasteiger partial charge in [0.2, 0.25) is 0 Å². The Morgan fingerprint density at radius 2 is 1.74 bits per heavy atom. The number of benzene rings is 3. The molecule has 1 aliphatic carbocycles. The molecule has 1 heterocycles. The fourth-order valence-electron chi connectivity index (χ4n) is 3.72. The lowest BCUT2D eigenvalue weighted by atomic mass is 10.1. The van der Waals surface area contributed by atoms with E-state index in [1.165, 1.54) is 10.9 Å². The predicted molar refractivity (Wildman–Crippen MR) is 136 cm³/mol. The Morgan fingerprint density at radius 1 is 0.971 bits per heavy atom. The van der Waals surface area contributed by atoms with E-state index in [1.54, 1.807) is 18.2 Å². The van der Waals surface area contributed by atoms with E-state index in [1.807, 2.05) is 68.4 Å². The lowest BCUT2D eigenvalue weighted by Gasteiger charge is -2.16. The summed E-state index contributed by atoms with van der Waals surface area (Å²) < 4.78 is 7.51. The molecule has 0 unspecified atom stereocenters. The third-order valence-electron chi connectivity index (χ3n) is 6.03. The monoisotopic (exact) mass is 466 g/mol. The van der Waals surface area contributed by atoms with Gasteiger partial charge >= 0.3 is 0 Å². The molecule has 0 atom stereocenters. The van der Waals surface area contributed by atoms with E-state index in [9.17, 15) is 9.59 Å². The molecule has 176 valence electrons. The number of anilines is 2. The molecule has 0 spiro atoms. The van der Waals surface area contributed by atoms with Crippen LogP contribution < -0.4 is 20.9 Å². The quantitative estimate of drug-likeness (QED) is 0.387. The van der Waals surface area contributed by atoms with E-state index < -0.39 is 0 Å². The van der Waals surface area contributed by atoms with Crippen LogP contribution >= 0.6 is 0 Å². The Labute approximate surface area is 203 Å². The largest absolute Gasteiger partial charge is 0.453 e. The van der Waals surface area contributed by atoms with Gasteiger partial charge in [0.15, 0.2) is 11.4 Å². The number of ether oxygens (including phenoxy) is 1. The lowest BCUT2D eigenvalue weighted by molar-refractivity contribution is 0.0951. The molecule has 2 N–H and O–H groups in total. The normalized spacial score (nSPS) is 12.7. The molecule has 1 fully saturated rings. The highest BCUT2D eigenvalue weighted by molar-refractivity contribution is 5.95. The van der Waals surface area contributed by atoms with Crippen LogP contribution in [0.5, 0.6) is 11.5 Å². The van der Waals surface area contributed by atoms with Gasteiger partial charge in [-0.1, -0.05) is 36.4 Å². The minimum absolute atomic E-state index is 0.126. The molecule has 5 rings (SSSR count). The number of para-hydroxylation sites is 1. The van der Waals surface area contributed by atoms with E-state index in [0.717, 1.165) is 24.0 Å². The summed E-state index contributed by atoms with van der Waals surface area (Å²) in [6.07, 6.45) is 3.56. The second-order valence-electron chi connectivity index (χ2n) is 8.69. The Morgan fingerprint density at radius 3 is 2.51 bits per heavy atom. The van der Waals surface area contributed by atoms with Crippen LogP contribution in [0.2, 0.25) is 0 Å². The summed E-state index contributed by atoms with van der Waals surface area (Å²) in [5.74, 6) is 0.812. The number of carbonyl (C=O) groups excluding carboxylic acids is 1. The first kappa shape index (κ1) is 22.4. The number of amides is 1. The number of carbonyl (C=O) groups is 1. The number of nitrogens with one attached hydrogen (secondary N) is 2. The van der Waals surface area contributed by atoms with E-state index in [-0.39, 0.29) is 23.2 Å². The lowest BCUT2D eigenvalue weighted by Crippen LogP contribution is -2.25. The summed E-state index contributed by atoms with van der Waals surface area (Å²) in [5.41, 5.74) is 3.67. The summed E-state index contributed by atoms with van der Waals surface area (Å²) in [6, 6.07) is 22.3. The van der Waals surface area contributed by atoms with Crippen molar-refractivity contribution in [1.82, 2.24) is 15.1 Å². The van der Waals surface area contributed by atoms with Crippen LogP contribution in [0.25, 0.3) is 5.69 Å². The van der Waals surface area contributed by atoms with Gasteiger partial charge in [-0.3, -0.25) is 9.59 Å². The van der Waals surface area contributed by atoms with Crippen LogP contribution in [-0.2, 0) is 0 Å². The van der Waals surface area contributed by atoms with Crippen molar-refractivity contribution in [3.63, 3.8) is 0 Å². The van der Waals surface area contributed by atoms with E-state index >= 15 is 0 Å². The zero-order chi connectivity index (χ0) is 24.4. The summed E-state index contributed by atoms with van der Waals surface area (Å²) >= 11 is 0. The van der Waals surface area contributed by atoms with E-state index in [2.05, 4.69) is 15.7 Å². The molecule has 0 saturated heterocycles. The average molecular weight is 467 g/mol. The number of hydrogen-bond donors (Lipinski definition) is 2. The molecule has 0 aliphatic heterocycles. The van der Waals surface area contributed by atoms with Crippen molar-refractivity contribution in [3.8, 4) is 17.2 Å². The molecule has 7 nitrogen and oxygen atoms in total. The number of aromatic nitrogens is 2. The Kier molecular flexibility index (Phi) is 6.06. The molecular formula is C28H26N4O3. The van der Waals surface area contributed by atoms with Crippen molar-refractivity contribution in [2.75, 3.05) is 5.32 Å². The third-order valence-corrected chi connectivity index (χ3v) is 6.03. The van der Waals surface area contributed by atoms with Crippen molar-refractivity contribution in [2.24, 2.45) is 0 Å². The molecule has 0 bridgehead atoms. The Bertz CT molecular complexity index is 1440. The zero-order valence-electron chi connectivity index (χ0n) is 19.6. The standard InChI is InChI=1S/C28H26N4O3/c1-18-8-6-13-24(19(18)2)35-25-17-29-32(23-11-4-3-5-12-23)28(34)26(25)30-22-10-7-9-20(16-22)27(33)31-21-14-15-21/h3-13,16-17,21,30H,14-15H2,1-2H3,(H,31,33). The first-order chi connectivity index (χ1) is 17.0. The topological polar surface area (TPSA) is 85.2 Å². The minimum Gasteiger partial charge on any atom is -0.453 e. The van der Waals surface area contributed by atoms with Gasteiger partial charge in [-0.05, 0) is 74.2 Å². The summed E-state index contributed by atoms with van der Waals surface area (Å²) in [4.78, 5) is 26.1. The van der Waals surface area contributed by atoms with Crippen LogP contribution in [0.1, 0.15) is 34.3 Å². The second-order valence-corrected chi connectivity index (χ2v) is 8.69. The maximum absolute atomic E-state index is 13.6. The SMILES string of the molecule is Cc1cccc(Oc2cnn(-c3ccccc3)c(=O)c2Nc2cccc(C(=O)NC3CC3)c2)c1C. The molecule has 1 aromatic heterocycles. The van der Waals surface area contributed by atoms with Gasteiger partial charge in [-0.15, -0.1) is 0 Å². The molecule has 3 aromatic carbocycles. The summed E-state index contributed by atoms with van der Waals surface area (Å²) in [5, 5.41) is 10.5. The third kappa shape index (κ3) is 4.94. The molecule has 0 radical (unpaired) electrons. The van der Waals surface area contributed by atoms with Crippen LogP contribution in [0.3, 0.4) is 0 Å². The van der Waals surface area contributed by atoms with Gasteiger partial charge in [-0.2, -0.15) is 9.78 Å². The van der Waals surface area contributed by atoms with Crippen molar-refractivity contribution >= 4 is 17.3 Å². The van der Waals surface area contributed by atoms with Gasteiger partial charge in [-0.25, -0.2) is 0 Å². The maximum atomic E-state index is 13.6. The number of hydrogen-bond acceptors (Lipinski definition) is 5. The number of rotatable bonds is 7. The minimum atomic E-state index is -0.369. The van der Waals surface area contributed by atoms with Crippen LogP contribution in [0.15, 0.2) is 83.8 Å². The van der Waals surface area contributed by atoms with Gasteiger partial charge < -0.3 is 15.4 Å². The van der Waals surface area contributed by atoms with Gasteiger partial charge in [0, 0.05) is 17.3 Å². The summed E-state index contributed by atoms with van der Waals surface area (Å²) in [6.45, 7) is 3.98. The highest BCUT2D eigenvalue weighted by Gasteiger charge is 2.24. The molecule has 35 heavy (non-hydrogen) atoms. The van der Waals surface area contributed by atoms with Crippen molar-refractivity contribution < 1.29 is 9.53 Å². The van der Waals surface area contributed by atoms with Crippen LogP contribution in [0, 0.1) is 13.8 Å². The number of nitrogens with zero attached hydrogens (tertiary/aromatic N) is 2. The molecule has 1 aliphatic rings. The second kappa shape index (κ2) is 9.46. The van der Waals surface area contributed by atoms with E-state index in [0.29, 0.717) is 28.4 Å². The molecule has 1 saturated carbocycles. The van der Waals surface area contributed by atoms with Crippen LogP contribution in [-0.4, -0.2) is 21.7 Å².